The molecule has 0 saturated carbocycles. The van der Waals surface area contributed by atoms with Crippen LogP contribution in [0.15, 0.2) is 48.5 Å². The molecule has 0 aliphatic heterocycles. The maximum atomic E-state index is 10.9. The fourth-order valence-electron chi connectivity index (χ4n) is 1.92. The van der Waals surface area contributed by atoms with E-state index in [1.54, 1.807) is 24.3 Å². The van der Waals surface area contributed by atoms with E-state index in [1.807, 2.05) is 0 Å². The summed E-state index contributed by atoms with van der Waals surface area (Å²) in [6, 6.07) is 12.0. The number of aromatic carboxylic acids is 2. The van der Waals surface area contributed by atoms with Crippen molar-refractivity contribution in [2.75, 3.05) is 0 Å². The third-order valence-corrected chi connectivity index (χ3v) is 2.99. The zero-order valence-electron chi connectivity index (χ0n) is 10.5. The van der Waals surface area contributed by atoms with Gasteiger partial charge in [-0.25, -0.2) is 9.59 Å². The lowest BCUT2D eigenvalue weighted by Crippen LogP contribution is -2.13. The maximum Gasteiger partial charge on any atom is 0.335 e. The van der Waals surface area contributed by atoms with Gasteiger partial charge in [-0.2, -0.15) is 0 Å². The maximum absolute atomic E-state index is 10.9. The van der Waals surface area contributed by atoms with Crippen LogP contribution in [0.5, 0.6) is 0 Å². The van der Waals surface area contributed by atoms with Gasteiger partial charge in [0.25, 0.3) is 0 Å². The molecule has 102 valence electrons. The average Bonchev–Trinajstić information content (AvgIpc) is 2.46. The van der Waals surface area contributed by atoms with Crippen LogP contribution in [0.25, 0.3) is 0 Å². The summed E-state index contributed by atoms with van der Waals surface area (Å²) in [5, 5.41) is 17.9. The molecular formula is C15H13NO4. The molecule has 0 aliphatic rings. The average molecular weight is 271 g/mol. The summed E-state index contributed by atoms with van der Waals surface area (Å²) in [6.45, 7) is 0. The molecule has 0 amide bonds. The van der Waals surface area contributed by atoms with E-state index in [9.17, 15) is 9.59 Å². The smallest absolute Gasteiger partial charge is 0.335 e. The minimum atomic E-state index is -1.03. The van der Waals surface area contributed by atoms with Gasteiger partial charge in [-0.1, -0.05) is 24.3 Å². The third kappa shape index (κ3) is 2.84. The quantitative estimate of drug-likeness (QED) is 0.790. The Bertz CT molecular complexity index is 609. The molecule has 5 heteroatoms. The Morgan fingerprint density at radius 2 is 1.25 bits per heavy atom. The first-order valence-corrected chi connectivity index (χ1v) is 5.91. The summed E-state index contributed by atoms with van der Waals surface area (Å²) in [6.07, 6.45) is 0. The van der Waals surface area contributed by atoms with Crippen molar-refractivity contribution in [3.63, 3.8) is 0 Å². The Kier molecular flexibility index (Phi) is 3.81. The normalized spacial score (nSPS) is 10.5. The molecule has 0 radical (unpaired) electrons. The largest absolute Gasteiger partial charge is 0.478 e. The zero-order chi connectivity index (χ0) is 14.7. The van der Waals surface area contributed by atoms with Crippen LogP contribution in [0.2, 0.25) is 0 Å². The van der Waals surface area contributed by atoms with Gasteiger partial charge in [0.05, 0.1) is 17.2 Å². The van der Waals surface area contributed by atoms with E-state index in [2.05, 4.69) is 0 Å². The molecule has 2 rings (SSSR count). The van der Waals surface area contributed by atoms with Crippen molar-refractivity contribution in [1.82, 2.24) is 0 Å². The molecule has 0 heterocycles. The van der Waals surface area contributed by atoms with Crippen LogP contribution in [-0.4, -0.2) is 22.2 Å². The van der Waals surface area contributed by atoms with Gasteiger partial charge in [0.2, 0.25) is 0 Å². The molecule has 5 nitrogen and oxygen atoms in total. The number of hydrogen-bond donors (Lipinski definition) is 3. The van der Waals surface area contributed by atoms with Crippen LogP contribution in [0, 0.1) is 0 Å². The standard InChI is InChI=1S/C15H13NO4/c16-13(9-3-1-5-11(7-9)14(17)18)10-4-2-6-12(8-10)15(19)20/h1-8,13H,16H2,(H,17,18)(H,19,20). The number of carboxylic acids is 2. The first-order valence-electron chi connectivity index (χ1n) is 5.91. The number of benzene rings is 2. The number of hydrogen-bond acceptors (Lipinski definition) is 3. The van der Waals surface area contributed by atoms with Crippen molar-refractivity contribution in [2.45, 2.75) is 6.04 Å². The fraction of sp³-hybridized carbons (Fsp3) is 0.0667. The molecule has 0 bridgehead atoms. The highest BCUT2D eigenvalue weighted by atomic mass is 16.4. The molecule has 0 aliphatic carbocycles. The third-order valence-electron chi connectivity index (χ3n) is 2.99. The van der Waals surface area contributed by atoms with Crippen molar-refractivity contribution in [1.29, 1.82) is 0 Å². The number of carbonyl (C=O) groups is 2. The van der Waals surface area contributed by atoms with E-state index >= 15 is 0 Å². The Balaban J connectivity index is 2.38. The molecule has 0 aromatic heterocycles. The summed E-state index contributed by atoms with van der Waals surface area (Å²) in [4.78, 5) is 21.9. The number of carboxylic acid groups (broad SMARTS) is 2. The van der Waals surface area contributed by atoms with Gasteiger partial charge < -0.3 is 15.9 Å². The summed E-state index contributed by atoms with van der Waals surface area (Å²) in [7, 11) is 0. The van der Waals surface area contributed by atoms with Crippen LogP contribution in [0.4, 0.5) is 0 Å². The minimum Gasteiger partial charge on any atom is -0.478 e. The highest BCUT2D eigenvalue weighted by Crippen LogP contribution is 2.21. The molecule has 0 spiro atoms. The van der Waals surface area contributed by atoms with Gasteiger partial charge in [0, 0.05) is 0 Å². The second kappa shape index (κ2) is 5.54. The van der Waals surface area contributed by atoms with Crippen LogP contribution >= 0.6 is 0 Å². The van der Waals surface area contributed by atoms with Crippen LogP contribution < -0.4 is 5.73 Å². The van der Waals surface area contributed by atoms with E-state index in [1.165, 1.54) is 24.3 Å². The van der Waals surface area contributed by atoms with E-state index in [-0.39, 0.29) is 11.1 Å². The second-order valence-electron chi connectivity index (χ2n) is 4.34. The van der Waals surface area contributed by atoms with Gasteiger partial charge in [-0.05, 0) is 35.4 Å². The molecule has 2 aromatic rings. The molecular weight excluding hydrogens is 258 g/mol. The van der Waals surface area contributed by atoms with Crippen molar-refractivity contribution >= 4 is 11.9 Å². The van der Waals surface area contributed by atoms with Crippen LogP contribution in [0.1, 0.15) is 37.9 Å². The minimum absolute atomic E-state index is 0.146. The molecule has 0 saturated heterocycles. The van der Waals surface area contributed by atoms with Crippen molar-refractivity contribution in [2.24, 2.45) is 5.73 Å². The van der Waals surface area contributed by atoms with Crippen LogP contribution in [-0.2, 0) is 0 Å². The predicted octanol–water partition coefficient (Wildman–Crippen LogP) is 2.13. The molecule has 2 aromatic carbocycles. The lowest BCUT2D eigenvalue weighted by atomic mass is 9.96. The highest BCUT2D eigenvalue weighted by molar-refractivity contribution is 5.88. The first kappa shape index (κ1) is 13.8. The van der Waals surface area contributed by atoms with E-state index in [4.69, 9.17) is 15.9 Å². The zero-order valence-corrected chi connectivity index (χ0v) is 10.5. The van der Waals surface area contributed by atoms with Crippen molar-refractivity contribution in [3.05, 3.63) is 70.8 Å². The summed E-state index contributed by atoms with van der Waals surface area (Å²) >= 11 is 0. The SMILES string of the molecule is NC(c1cccc(C(=O)O)c1)c1cccc(C(=O)O)c1. The first-order chi connectivity index (χ1) is 9.49. The summed E-state index contributed by atoms with van der Waals surface area (Å²) in [5.41, 5.74) is 7.60. The van der Waals surface area contributed by atoms with Crippen molar-refractivity contribution in [3.8, 4) is 0 Å². The highest BCUT2D eigenvalue weighted by Gasteiger charge is 2.13. The topological polar surface area (TPSA) is 101 Å². The Labute approximate surface area is 115 Å². The van der Waals surface area contributed by atoms with Gasteiger partial charge in [-0.15, -0.1) is 0 Å². The van der Waals surface area contributed by atoms with Crippen molar-refractivity contribution < 1.29 is 19.8 Å². The summed E-state index contributed by atoms with van der Waals surface area (Å²) < 4.78 is 0. The Morgan fingerprint density at radius 3 is 1.60 bits per heavy atom. The van der Waals surface area contributed by atoms with Gasteiger partial charge in [-0.3, -0.25) is 0 Å². The fourth-order valence-corrected chi connectivity index (χ4v) is 1.92. The Hall–Kier alpha value is -2.66. The molecule has 0 fully saturated rings. The molecule has 20 heavy (non-hydrogen) atoms. The van der Waals surface area contributed by atoms with E-state index in [0.29, 0.717) is 11.1 Å². The van der Waals surface area contributed by atoms with E-state index in [0.717, 1.165) is 0 Å². The Morgan fingerprint density at radius 1 is 0.850 bits per heavy atom. The van der Waals surface area contributed by atoms with Gasteiger partial charge in [0.15, 0.2) is 0 Å². The van der Waals surface area contributed by atoms with E-state index < -0.39 is 18.0 Å². The molecule has 0 unspecified atom stereocenters. The second-order valence-corrected chi connectivity index (χ2v) is 4.34. The van der Waals surface area contributed by atoms with Gasteiger partial charge in [0.1, 0.15) is 0 Å². The predicted molar refractivity (Wildman–Crippen MR) is 72.8 cm³/mol. The number of nitrogens with two attached hydrogens (primary N) is 1. The molecule has 0 atom stereocenters. The lowest BCUT2D eigenvalue weighted by Gasteiger charge is -2.13. The lowest BCUT2D eigenvalue weighted by molar-refractivity contribution is 0.0686. The molecule has 4 N–H and O–H groups in total. The van der Waals surface area contributed by atoms with Gasteiger partial charge >= 0.3 is 11.9 Å². The summed E-state index contributed by atoms with van der Waals surface area (Å²) in [5.74, 6) is -2.06. The number of rotatable bonds is 4. The monoisotopic (exact) mass is 271 g/mol. The van der Waals surface area contributed by atoms with Crippen LogP contribution in [0.3, 0.4) is 0 Å².